The third-order valence-corrected chi connectivity index (χ3v) is 4.37. The average molecular weight is 362 g/mol. The van der Waals surface area contributed by atoms with Crippen LogP contribution in [0.4, 0.5) is 4.39 Å². The van der Waals surface area contributed by atoms with Gasteiger partial charge in [0.25, 0.3) is 0 Å². The van der Waals surface area contributed by atoms with Crippen molar-refractivity contribution < 1.29 is 4.39 Å². The van der Waals surface area contributed by atoms with E-state index in [9.17, 15) is 4.39 Å². The molecule has 2 rings (SSSR count). The predicted molar refractivity (Wildman–Crippen MR) is 85.7 cm³/mol. The van der Waals surface area contributed by atoms with Crippen molar-refractivity contribution in [2.24, 2.45) is 5.92 Å². The summed E-state index contributed by atoms with van der Waals surface area (Å²) in [6.45, 7) is 6.59. The number of hydrogen-bond acceptors (Lipinski definition) is 1. The molecule has 110 valence electrons. The van der Waals surface area contributed by atoms with Gasteiger partial charge in [0.05, 0.1) is 21.4 Å². The number of benzene rings is 1. The van der Waals surface area contributed by atoms with E-state index in [1.807, 2.05) is 0 Å². The fourth-order valence-electron chi connectivity index (χ4n) is 2.43. The highest BCUT2D eigenvalue weighted by atomic mass is 79.9. The second-order valence-electron chi connectivity index (χ2n) is 5.61. The van der Waals surface area contributed by atoms with Crippen molar-refractivity contribution in [1.82, 2.24) is 9.55 Å². The van der Waals surface area contributed by atoms with Gasteiger partial charge in [0, 0.05) is 12.1 Å². The molecule has 0 spiro atoms. The lowest BCUT2D eigenvalue weighted by Gasteiger charge is -2.18. The first-order valence-electron chi connectivity index (χ1n) is 6.85. The molecule has 0 fully saturated rings. The molecule has 1 heterocycles. The number of hydrogen-bond donors (Lipinski definition) is 0. The van der Waals surface area contributed by atoms with E-state index in [4.69, 9.17) is 11.6 Å². The predicted octanol–water partition coefficient (Wildman–Crippen LogP) is 5.67. The number of alkyl halides is 1. The molecule has 5 heteroatoms. The van der Waals surface area contributed by atoms with Gasteiger partial charge in [-0.3, -0.25) is 0 Å². The van der Waals surface area contributed by atoms with Crippen molar-refractivity contribution in [2.45, 2.75) is 45.5 Å². The van der Waals surface area contributed by atoms with Crippen molar-refractivity contribution in [2.75, 3.05) is 0 Å². The first-order chi connectivity index (χ1) is 9.43. The van der Waals surface area contributed by atoms with Gasteiger partial charge < -0.3 is 4.57 Å². The average Bonchev–Trinajstić information content (AvgIpc) is 2.74. The van der Waals surface area contributed by atoms with Gasteiger partial charge in [-0.1, -0.05) is 13.8 Å². The zero-order valence-electron chi connectivity index (χ0n) is 12.0. The third-order valence-electron chi connectivity index (χ3n) is 3.53. The van der Waals surface area contributed by atoms with Crippen LogP contribution in [0.15, 0.2) is 16.6 Å². The first kappa shape index (κ1) is 15.8. The molecular formula is C15H19BrClFN2. The number of rotatable bonds is 5. The monoisotopic (exact) mass is 360 g/mol. The van der Waals surface area contributed by atoms with Gasteiger partial charge in [-0.2, -0.15) is 0 Å². The number of nitrogens with zero attached hydrogens (tertiary/aromatic N) is 2. The normalized spacial score (nSPS) is 13.3. The number of aromatic nitrogens is 2. The van der Waals surface area contributed by atoms with Crippen molar-refractivity contribution in [1.29, 1.82) is 0 Å². The van der Waals surface area contributed by atoms with Crippen LogP contribution in [0, 0.1) is 11.7 Å². The summed E-state index contributed by atoms with van der Waals surface area (Å²) in [6, 6.07) is 3.55. The van der Waals surface area contributed by atoms with E-state index in [2.05, 4.69) is 46.3 Å². The second kappa shape index (κ2) is 6.44. The Bertz CT molecular complexity index is 609. The molecule has 0 saturated heterocycles. The summed E-state index contributed by atoms with van der Waals surface area (Å²) in [6.07, 6.45) is 2.20. The molecule has 0 saturated carbocycles. The summed E-state index contributed by atoms with van der Waals surface area (Å²) in [7, 11) is 0. The van der Waals surface area contributed by atoms with E-state index >= 15 is 0 Å². The molecule has 1 aromatic carbocycles. The summed E-state index contributed by atoms with van der Waals surface area (Å²) in [5.74, 6) is 1.50. The summed E-state index contributed by atoms with van der Waals surface area (Å²) >= 11 is 9.25. The van der Waals surface area contributed by atoms with Gasteiger partial charge in [-0.05, 0) is 47.7 Å². The molecular weight excluding hydrogens is 343 g/mol. The molecule has 20 heavy (non-hydrogen) atoms. The molecule has 1 atom stereocenters. The molecule has 0 N–H and O–H groups in total. The Labute approximate surface area is 132 Å². The molecule has 0 radical (unpaired) electrons. The summed E-state index contributed by atoms with van der Waals surface area (Å²) in [5, 5.41) is 0. The van der Waals surface area contributed by atoms with Crippen LogP contribution >= 0.6 is 27.5 Å². The Kier molecular flexibility index (Phi) is 5.08. The molecule has 0 aliphatic heterocycles. The Morgan fingerprint density at radius 3 is 2.60 bits per heavy atom. The quantitative estimate of drug-likeness (QED) is 0.627. The molecule has 0 aliphatic carbocycles. The summed E-state index contributed by atoms with van der Waals surface area (Å²) in [4.78, 5) is 4.45. The topological polar surface area (TPSA) is 17.8 Å². The SMILES string of the molecule is CC(C)CCC(C)n1c(CCl)nc2cc(F)c(Br)cc21. The highest BCUT2D eigenvalue weighted by Gasteiger charge is 2.17. The van der Waals surface area contributed by atoms with Gasteiger partial charge in [0.2, 0.25) is 0 Å². The molecule has 0 aliphatic rings. The van der Waals surface area contributed by atoms with Crippen LogP contribution in [0.1, 0.15) is 45.5 Å². The maximum absolute atomic E-state index is 13.6. The van der Waals surface area contributed by atoms with Gasteiger partial charge >= 0.3 is 0 Å². The van der Waals surface area contributed by atoms with Gasteiger partial charge in [0.15, 0.2) is 0 Å². The molecule has 2 nitrogen and oxygen atoms in total. The number of fused-ring (bicyclic) bond motifs is 1. The molecule has 0 amide bonds. The van der Waals surface area contributed by atoms with Gasteiger partial charge in [0.1, 0.15) is 11.6 Å². The fourth-order valence-corrected chi connectivity index (χ4v) is 2.95. The second-order valence-corrected chi connectivity index (χ2v) is 6.73. The molecule has 1 unspecified atom stereocenters. The van der Waals surface area contributed by atoms with E-state index < -0.39 is 0 Å². The summed E-state index contributed by atoms with van der Waals surface area (Å²) < 4.78 is 16.2. The summed E-state index contributed by atoms with van der Waals surface area (Å²) in [5.41, 5.74) is 1.60. The Hall–Kier alpha value is -0.610. The lowest BCUT2D eigenvalue weighted by atomic mass is 10.0. The minimum atomic E-state index is -0.293. The molecule has 0 bridgehead atoms. The lowest BCUT2D eigenvalue weighted by molar-refractivity contribution is 0.440. The van der Waals surface area contributed by atoms with Crippen LogP contribution < -0.4 is 0 Å². The van der Waals surface area contributed by atoms with Crippen LogP contribution in [-0.4, -0.2) is 9.55 Å². The lowest BCUT2D eigenvalue weighted by Crippen LogP contribution is -2.09. The molecule has 1 aromatic heterocycles. The number of halogens is 3. The third kappa shape index (κ3) is 3.17. The van der Waals surface area contributed by atoms with E-state index in [-0.39, 0.29) is 5.82 Å². The zero-order chi connectivity index (χ0) is 14.9. The zero-order valence-corrected chi connectivity index (χ0v) is 14.3. The van der Waals surface area contributed by atoms with Crippen molar-refractivity contribution in [3.8, 4) is 0 Å². The first-order valence-corrected chi connectivity index (χ1v) is 8.18. The van der Waals surface area contributed by atoms with E-state index in [0.717, 1.165) is 24.2 Å². The van der Waals surface area contributed by atoms with Crippen molar-refractivity contribution >= 4 is 38.6 Å². The van der Waals surface area contributed by atoms with E-state index in [1.54, 1.807) is 6.07 Å². The highest BCUT2D eigenvalue weighted by molar-refractivity contribution is 9.10. The largest absolute Gasteiger partial charge is 0.324 e. The minimum absolute atomic E-state index is 0.293. The Morgan fingerprint density at radius 1 is 1.30 bits per heavy atom. The van der Waals surface area contributed by atoms with Crippen LogP contribution in [0.5, 0.6) is 0 Å². The van der Waals surface area contributed by atoms with Crippen molar-refractivity contribution in [3.63, 3.8) is 0 Å². The fraction of sp³-hybridized carbons (Fsp3) is 0.533. The van der Waals surface area contributed by atoms with Gasteiger partial charge in [-0.25, -0.2) is 9.37 Å². The van der Waals surface area contributed by atoms with E-state index in [0.29, 0.717) is 27.8 Å². The van der Waals surface area contributed by atoms with Crippen LogP contribution in [0.25, 0.3) is 11.0 Å². The molecule has 2 aromatic rings. The van der Waals surface area contributed by atoms with Crippen LogP contribution in [0.3, 0.4) is 0 Å². The minimum Gasteiger partial charge on any atom is -0.324 e. The standard InChI is InChI=1S/C15H19BrClFN2/c1-9(2)4-5-10(3)20-14-6-11(16)12(18)7-13(14)19-15(20)8-17/h6-7,9-10H,4-5,8H2,1-3H3. The van der Waals surface area contributed by atoms with Crippen LogP contribution in [-0.2, 0) is 5.88 Å². The van der Waals surface area contributed by atoms with Crippen LogP contribution in [0.2, 0.25) is 0 Å². The Balaban J connectivity index is 2.46. The maximum atomic E-state index is 13.6. The smallest absolute Gasteiger partial charge is 0.139 e. The highest BCUT2D eigenvalue weighted by Crippen LogP contribution is 2.29. The number of imidazole rings is 1. The maximum Gasteiger partial charge on any atom is 0.139 e. The Morgan fingerprint density at radius 2 is 2.00 bits per heavy atom. The van der Waals surface area contributed by atoms with E-state index in [1.165, 1.54) is 6.07 Å². The van der Waals surface area contributed by atoms with Gasteiger partial charge in [-0.15, -0.1) is 11.6 Å². The van der Waals surface area contributed by atoms with Crippen molar-refractivity contribution in [3.05, 3.63) is 28.2 Å².